The van der Waals surface area contributed by atoms with Crippen molar-refractivity contribution in [3.63, 3.8) is 0 Å². The number of hydrogen-bond donors (Lipinski definition) is 1. The molecule has 0 atom stereocenters. The Labute approximate surface area is 144 Å². The second-order valence-electron chi connectivity index (χ2n) is 5.53. The summed E-state index contributed by atoms with van der Waals surface area (Å²) >= 11 is 1.19. The number of rotatable bonds is 4. The van der Waals surface area contributed by atoms with E-state index in [1.54, 1.807) is 10.6 Å². The van der Waals surface area contributed by atoms with Gasteiger partial charge in [-0.15, -0.1) is 0 Å². The predicted molar refractivity (Wildman–Crippen MR) is 101 cm³/mol. The molecule has 3 rings (SSSR count). The van der Waals surface area contributed by atoms with Crippen LogP contribution >= 0.6 is 11.3 Å². The lowest BCUT2D eigenvalue weighted by Gasteiger charge is -2.03. The van der Waals surface area contributed by atoms with Gasteiger partial charge in [-0.05, 0) is 43.7 Å². The summed E-state index contributed by atoms with van der Waals surface area (Å²) in [7, 11) is 0. The van der Waals surface area contributed by atoms with E-state index >= 15 is 0 Å². The minimum Gasteiger partial charge on any atom is -0.322 e. The number of amides is 1. The summed E-state index contributed by atoms with van der Waals surface area (Å²) in [5, 5.41) is 2.83. The van der Waals surface area contributed by atoms with Gasteiger partial charge in [0.25, 0.3) is 0 Å². The lowest BCUT2D eigenvalue weighted by Crippen LogP contribution is -2.10. The van der Waals surface area contributed by atoms with Crippen LogP contribution < -0.4 is 10.2 Å². The first-order valence-electron chi connectivity index (χ1n) is 7.76. The van der Waals surface area contributed by atoms with Gasteiger partial charge in [0.05, 0.1) is 10.2 Å². The molecular formula is C19H18N2O2S. The van der Waals surface area contributed by atoms with Crippen LogP contribution in [0.25, 0.3) is 16.3 Å². The molecule has 5 heteroatoms. The molecule has 4 nitrogen and oxygen atoms in total. The van der Waals surface area contributed by atoms with Gasteiger partial charge in [0.1, 0.15) is 0 Å². The summed E-state index contributed by atoms with van der Waals surface area (Å²) in [6, 6.07) is 13.5. The largest absolute Gasteiger partial charge is 0.322 e. The van der Waals surface area contributed by atoms with Crippen LogP contribution in [0.3, 0.4) is 0 Å². The van der Waals surface area contributed by atoms with Gasteiger partial charge in [-0.3, -0.25) is 14.2 Å². The number of thiazole rings is 1. The molecule has 0 saturated carbocycles. The molecule has 0 aliphatic heterocycles. The lowest BCUT2D eigenvalue weighted by molar-refractivity contribution is -0.111. The van der Waals surface area contributed by atoms with Crippen molar-refractivity contribution >= 4 is 39.2 Å². The quantitative estimate of drug-likeness (QED) is 0.730. The number of aromatic nitrogens is 1. The molecule has 0 unspecified atom stereocenters. The molecule has 0 saturated heterocycles. The molecule has 1 N–H and O–H groups in total. The third-order valence-corrected chi connectivity index (χ3v) is 4.70. The molecule has 0 fully saturated rings. The molecule has 0 aliphatic rings. The van der Waals surface area contributed by atoms with Gasteiger partial charge >= 0.3 is 4.87 Å². The third-order valence-electron chi connectivity index (χ3n) is 3.76. The number of nitrogens with zero attached hydrogens (tertiary/aromatic N) is 1. The highest BCUT2D eigenvalue weighted by Crippen LogP contribution is 2.21. The van der Waals surface area contributed by atoms with Gasteiger partial charge < -0.3 is 5.32 Å². The van der Waals surface area contributed by atoms with Crippen molar-refractivity contribution in [2.24, 2.45) is 0 Å². The summed E-state index contributed by atoms with van der Waals surface area (Å²) in [5.74, 6) is -0.197. The minimum absolute atomic E-state index is 0.0234. The predicted octanol–water partition coefficient (Wildman–Crippen LogP) is 4.04. The summed E-state index contributed by atoms with van der Waals surface area (Å²) < 4.78 is 2.60. The normalized spacial score (nSPS) is 11.2. The van der Waals surface area contributed by atoms with E-state index in [0.29, 0.717) is 12.2 Å². The fourth-order valence-electron chi connectivity index (χ4n) is 2.48. The zero-order valence-corrected chi connectivity index (χ0v) is 14.4. The number of carbonyl (C=O) groups excluding carboxylic acids is 1. The Morgan fingerprint density at radius 2 is 1.96 bits per heavy atom. The van der Waals surface area contributed by atoms with Gasteiger partial charge in [0.15, 0.2) is 0 Å². The molecule has 0 bridgehead atoms. The van der Waals surface area contributed by atoms with E-state index in [9.17, 15) is 9.59 Å². The topological polar surface area (TPSA) is 51.1 Å². The van der Waals surface area contributed by atoms with Crippen LogP contribution in [0.15, 0.2) is 53.3 Å². The van der Waals surface area contributed by atoms with Crippen LogP contribution in [0.1, 0.15) is 18.1 Å². The molecule has 0 radical (unpaired) electrons. The van der Waals surface area contributed by atoms with Crippen LogP contribution in [-0.4, -0.2) is 10.5 Å². The van der Waals surface area contributed by atoms with Crippen LogP contribution in [0.5, 0.6) is 0 Å². The molecule has 122 valence electrons. The molecular weight excluding hydrogens is 320 g/mol. The Bertz CT molecular complexity index is 965. The van der Waals surface area contributed by atoms with E-state index in [-0.39, 0.29) is 10.8 Å². The third kappa shape index (κ3) is 3.46. The number of anilines is 1. The van der Waals surface area contributed by atoms with Gasteiger partial charge in [-0.2, -0.15) is 0 Å². The maximum Gasteiger partial charge on any atom is 0.308 e. The highest BCUT2D eigenvalue weighted by molar-refractivity contribution is 7.16. The van der Waals surface area contributed by atoms with Gasteiger partial charge in [0, 0.05) is 18.3 Å². The Hall–Kier alpha value is -2.66. The fourth-order valence-corrected chi connectivity index (χ4v) is 3.47. The van der Waals surface area contributed by atoms with E-state index in [1.165, 1.54) is 23.0 Å². The second kappa shape index (κ2) is 6.84. The average molecular weight is 338 g/mol. The Morgan fingerprint density at radius 3 is 2.67 bits per heavy atom. The lowest BCUT2D eigenvalue weighted by atomic mass is 10.1. The summed E-state index contributed by atoms with van der Waals surface area (Å²) in [6.07, 6.45) is 3.29. The van der Waals surface area contributed by atoms with Crippen LogP contribution in [0.2, 0.25) is 0 Å². The molecule has 1 amide bonds. The zero-order valence-electron chi connectivity index (χ0n) is 13.6. The fraction of sp³-hybridized carbons (Fsp3) is 0.158. The van der Waals surface area contributed by atoms with E-state index < -0.39 is 0 Å². The molecule has 1 aromatic heterocycles. The number of fused-ring (bicyclic) bond motifs is 1. The van der Waals surface area contributed by atoms with Crippen molar-refractivity contribution in [2.45, 2.75) is 20.4 Å². The van der Waals surface area contributed by atoms with Crippen molar-refractivity contribution in [1.29, 1.82) is 0 Å². The maximum atomic E-state index is 12.1. The number of benzene rings is 2. The Morgan fingerprint density at radius 1 is 1.21 bits per heavy atom. The molecule has 1 heterocycles. The maximum absolute atomic E-state index is 12.1. The smallest absolute Gasteiger partial charge is 0.308 e. The van der Waals surface area contributed by atoms with Crippen molar-refractivity contribution in [2.75, 3.05) is 5.32 Å². The molecule has 0 spiro atoms. The van der Waals surface area contributed by atoms with Crippen molar-refractivity contribution in [3.05, 3.63) is 69.3 Å². The first kappa shape index (κ1) is 16.2. The summed E-state index contributed by atoms with van der Waals surface area (Å²) in [4.78, 5) is 23.9. The van der Waals surface area contributed by atoms with Crippen LogP contribution in [-0.2, 0) is 11.3 Å². The average Bonchev–Trinajstić information content (AvgIpc) is 2.88. The monoisotopic (exact) mass is 338 g/mol. The van der Waals surface area contributed by atoms with Gasteiger partial charge in [-0.1, -0.05) is 41.2 Å². The highest BCUT2D eigenvalue weighted by atomic mass is 32.1. The molecule has 2 aromatic carbocycles. The van der Waals surface area contributed by atoms with Gasteiger partial charge in [0.2, 0.25) is 5.91 Å². The van der Waals surface area contributed by atoms with E-state index in [2.05, 4.69) is 5.32 Å². The van der Waals surface area contributed by atoms with Crippen molar-refractivity contribution in [1.82, 2.24) is 4.57 Å². The number of nitrogens with one attached hydrogen (secondary N) is 1. The Balaban J connectivity index is 1.75. The number of hydrogen-bond acceptors (Lipinski definition) is 3. The number of carbonyl (C=O) groups is 1. The van der Waals surface area contributed by atoms with E-state index in [4.69, 9.17) is 0 Å². The molecule has 3 aromatic rings. The van der Waals surface area contributed by atoms with Crippen molar-refractivity contribution < 1.29 is 4.79 Å². The van der Waals surface area contributed by atoms with Gasteiger partial charge in [-0.25, -0.2) is 0 Å². The van der Waals surface area contributed by atoms with E-state index in [1.807, 2.05) is 56.3 Å². The van der Waals surface area contributed by atoms with Crippen LogP contribution in [0, 0.1) is 6.92 Å². The van der Waals surface area contributed by atoms with Crippen LogP contribution in [0.4, 0.5) is 5.69 Å². The second-order valence-corrected chi connectivity index (χ2v) is 6.52. The number of aryl methyl sites for hydroxylation is 2. The highest BCUT2D eigenvalue weighted by Gasteiger charge is 2.07. The van der Waals surface area contributed by atoms with E-state index in [0.717, 1.165) is 15.8 Å². The summed E-state index contributed by atoms with van der Waals surface area (Å²) in [5.41, 5.74) is 3.75. The Kier molecular flexibility index (Phi) is 4.62. The SMILES string of the molecule is CCn1c(=O)sc2cc(NC(=O)/C=C/c3ccc(C)cc3)ccc21. The molecule has 0 aliphatic carbocycles. The standard InChI is InChI=1S/C19H18N2O2S/c1-3-21-16-10-9-15(12-17(16)24-19(21)23)20-18(22)11-8-14-6-4-13(2)5-7-14/h4-12H,3H2,1-2H3,(H,20,22)/b11-8+. The zero-order chi connectivity index (χ0) is 17.1. The summed E-state index contributed by atoms with van der Waals surface area (Å²) in [6.45, 7) is 4.61. The van der Waals surface area contributed by atoms with Crippen molar-refractivity contribution in [3.8, 4) is 0 Å². The minimum atomic E-state index is -0.197. The first-order valence-corrected chi connectivity index (χ1v) is 8.57. The first-order chi connectivity index (χ1) is 11.6. The molecule has 24 heavy (non-hydrogen) atoms.